The Morgan fingerprint density at radius 1 is 1.04 bits per heavy atom. The van der Waals surface area contributed by atoms with Crippen LogP contribution in [0.25, 0.3) is 0 Å². The van der Waals surface area contributed by atoms with Gasteiger partial charge in [-0.3, -0.25) is 4.79 Å². The van der Waals surface area contributed by atoms with Gasteiger partial charge in [0, 0.05) is 11.8 Å². The van der Waals surface area contributed by atoms with Gasteiger partial charge in [-0.25, -0.2) is 0 Å². The van der Waals surface area contributed by atoms with Crippen molar-refractivity contribution in [1.29, 1.82) is 0 Å². The van der Waals surface area contributed by atoms with Gasteiger partial charge in [-0.2, -0.15) is 0 Å². The van der Waals surface area contributed by atoms with Crippen molar-refractivity contribution in [2.24, 2.45) is 34.0 Å². The summed E-state index contributed by atoms with van der Waals surface area (Å²) in [5.41, 5.74) is 1.84. The van der Waals surface area contributed by atoms with Gasteiger partial charge >= 0.3 is 0 Å². The fourth-order valence-corrected chi connectivity index (χ4v) is 7.31. The highest BCUT2D eigenvalue weighted by Crippen LogP contribution is 2.71. The van der Waals surface area contributed by atoms with E-state index in [4.69, 9.17) is 0 Å². The molecule has 0 aliphatic heterocycles. The summed E-state index contributed by atoms with van der Waals surface area (Å²) in [5, 5.41) is 10.2. The number of aliphatic hydroxyl groups is 1. The Kier molecular flexibility index (Phi) is 3.25. The van der Waals surface area contributed by atoms with E-state index in [-0.39, 0.29) is 16.9 Å². The zero-order chi connectivity index (χ0) is 16.6. The van der Waals surface area contributed by atoms with Gasteiger partial charge in [-0.15, -0.1) is 0 Å². The lowest BCUT2D eigenvalue weighted by atomic mass is 9.38. The van der Waals surface area contributed by atoms with Crippen molar-refractivity contribution in [2.45, 2.75) is 78.2 Å². The molecule has 0 bridgehead atoms. The molecule has 0 aromatic rings. The van der Waals surface area contributed by atoms with Crippen LogP contribution >= 0.6 is 0 Å². The van der Waals surface area contributed by atoms with E-state index >= 15 is 0 Å². The average Bonchev–Trinajstić information content (AvgIpc) is 2.80. The predicted molar refractivity (Wildman–Crippen MR) is 91.9 cm³/mol. The first kappa shape index (κ1) is 15.9. The number of carbonyl (C=O) groups is 1. The van der Waals surface area contributed by atoms with E-state index in [1.807, 2.05) is 0 Å². The lowest BCUT2D eigenvalue weighted by molar-refractivity contribution is -0.166. The van der Waals surface area contributed by atoms with Crippen LogP contribution in [-0.2, 0) is 4.79 Å². The zero-order valence-corrected chi connectivity index (χ0v) is 15.0. The standard InChI is InChI=1S/C21H32O2/c1-13-11-17-15-5-6-18(23)19(15,2)9-10-21(17,4)20(3)8-7-14(22)12-16(13)20/h14-17,22H,1,5-12H2,2-4H3/t14-,15+,16-,17+,19+,20+,21+/m0/s1. The molecule has 23 heavy (non-hydrogen) atoms. The summed E-state index contributed by atoms with van der Waals surface area (Å²) in [4.78, 5) is 12.5. The van der Waals surface area contributed by atoms with Crippen molar-refractivity contribution >= 4 is 5.78 Å². The summed E-state index contributed by atoms with van der Waals surface area (Å²) >= 11 is 0. The molecule has 4 aliphatic rings. The van der Waals surface area contributed by atoms with Crippen molar-refractivity contribution in [3.63, 3.8) is 0 Å². The van der Waals surface area contributed by atoms with Crippen LogP contribution < -0.4 is 0 Å². The van der Waals surface area contributed by atoms with Crippen LogP contribution in [0.1, 0.15) is 72.1 Å². The Bertz CT molecular complexity index is 566. The van der Waals surface area contributed by atoms with Crippen LogP contribution in [0.5, 0.6) is 0 Å². The van der Waals surface area contributed by atoms with E-state index < -0.39 is 0 Å². The van der Waals surface area contributed by atoms with E-state index in [0.29, 0.717) is 29.0 Å². The molecule has 0 heterocycles. The summed E-state index contributed by atoms with van der Waals surface area (Å²) in [5.74, 6) is 2.14. The summed E-state index contributed by atoms with van der Waals surface area (Å²) in [6, 6.07) is 0. The molecule has 128 valence electrons. The van der Waals surface area contributed by atoms with Crippen LogP contribution in [0.2, 0.25) is 0 Å². The van der Waals surface area contributed by atoms with E-state index in [1.54, 1.807) is 0 Å². The highest BCUT2D eigenvalue weighted by atomic mass is 16.3. The molecule has 0 unspecified atom stereocenters. The third-order valence-electron chi connectivity index (χ3n) is 9.16. The van der Waals surface area contributed by atoms with Crippen LogP contribution in [0.4, 0.5) is 0 Å². The lowest BCUT2D eigenvalue weighted by Crippen LogP contribution is -2.60. The molecule has 4 rings (SSSR count). The normalized spacial score (nSPS) is 56.0. The maximum atomic E-state index is 12.5. The number of allylic oxidation sites excluding steroid dienone is 1. The fourth-order valence-electron chi connectivity index (χ4n) is 7.31. The monoisotopic (exact) mass is 316 g/mol. The van der Waals surface area contributed by atoms with E-state index in [0.717, 1.165) is 44.9 Å². The summed E-state index contributed by atoms with van der Waals surface area (Å²) < 4.78 is 0. The number of ketones is 1. The van der Waals surface area contributed by atoms with Crippen LogP contribution in [-0.4, -0.2) is 17.0 Å². The first-order chi connectivity index (χ1) is 10.7. The van der Waals surface area contributed by atoms with Crippen LogP contribution in [0, 0.1) is 34.0 Å². The third kappa shape index (κ3) is 1.82. The van der Waals surface area contributed by atoms with Gasteiger partial charge in [-0.1, -0.05) is 32.9 Å². The second-order valence-corrected chi connectivity index (χ2v) is 9.77. The second kappa shape index (κ2) is 4.71. The Hall–Kier alpha value is -0.630. The molecule has 0 saturated heterocycles. The van der Waals surface area contributed by atoms with Gasteiger partial charge in [0.1, 0.15) is 5.78 Å². The number of fused-ring (bicyclic) bond motifs is 5. The predicted octanol–water partition coefficient (Wildman–Crippen LogP) is 4.52. The topological polar surface area (TPSA) is 37.3 Å². The third-order valence-corrected chi connectivity index (χ3v) is 9.16. The van der Waals surface area contributed by atoms with Gasteiger partial charge < -0.3 is 5.11 Å². The maximum Gasteiger partial charge on any atom is 0.139 e. The Balaban J connectivity index is 1.76. The molecule has 7 atom stereocenters. The van der Waals surface area contributed by atoms with Crippen LogP contribution in [0.15, 0.2) is 12.2 Å². The van der Waals surface area contributed by atoms with E-state index in [1.165, 1.54) is 12.0 Å². The minimum atomic E-state index is -0.146. The van der Waals surface area contributed by atoms with Gasteiger partial charge in [0.25, 0.3) is 0 Å². The highest BCUT2D eigenvalue weighted by molar-refractivity contribution is 5.87. The summed E-state index contributed by atoms with van der Waals surface area (Å²) in [7, 11) is 0. The first-order valence-electron chi connectivity index (χ1n) is 9.61. The quantitative estimate of drug-likeness (QED) is 0.667. The first-order valence-corrected chi connectivity index (χ1v) is 9.61. The van der Waals surface area contributed by atoms with Gasteiger partial charge in [0.15, 0.2) is 0 Å². The number of rotatable bonds is 0. The van der Waals surface area contributed by atoms with Crippen molar-refractivity contribution < 1.29 is 9.90 Å². The SMILES string of the molecule is C=C1C[C@@H]2[C@H]3CCC(=O)[C@]3(C)CC[C@@]2(C)[C@]2(C)CC[C@H](O)C[C@@H]12. The van der Waals surface area contributed by atoms with Gasteiger partial charge in [-0.05, 0) is 73.5 Å². The molecular weight excluding hydrogens is 284 g/mol. The average molecular weight is 316 g/mol. The minimum absolute atomic E-state index is 0.0676. The number of hydrogen-bond acceptors (Lipinski definition) is 2. The molecule has 2 heteroatoms. The highest BCUT2D eigenvalue weighted by Gasteiger charge is 2.66. The van der Waals surface area contributed by atoms with Gasteiger partial charge in [0.05, 0.1) is 6.10 Å². The summed E-state index contributed by atoms with van der Waals surface area (Å²) in [6.45, 7) is 11.7. The molecule has 4 saturated carbocycles. The molecular formula is C21H32O2. The van der Waals surface area contributed by atoms with Gasteiger partial charge in [0.2, 0.25) is 0 Å². The fraction of sp³-hybridized carbons (Fsp3) is 0.857. The molecule has 0 radical (unpaired) electrons. The number of aliphatic hydroxyl groups excluding tert-OH is 1. The lowest BCUT2D eigenvalue weighted by Gasteiger charge is -2.66. The maximum absolute atomic E-state index is 12.5. The molecule has 4 aliphatic carbocycles. The molecule has 0 aromatic carbocycles. The minimum Gasteiger partial charge on any atom is -0.393 e. The Morgan fingerprint density at radius 2 is 1.78 bits per heavy atom. The van der Waals surface area contributed by atoms with Crippen molar-refractivity contribution in [2.75, 3.05) is 0 Å². The van der Waals surface area contributed by atoms with Crippen molar-refractivity contribution in [3.05, 3.63) is 12.2 Å². The van der Waals surface area contributed by atoms with Crippen molar-refractivity contribution in [1.82, 2.24) is 0 Å². The Morgan fingerprint density at radius 3 is 2.52 bits per heavy atom. The smallest absolute Gasteiger partial charge is 0.139 e. The second-order valence-electron chi connectivity index (χ2n) is 9.77. The Labute approximate surface area is 140 Å². The number of hydrogen-bond donors (Lipinski definition) is 1. The molecule has 0 spiro atoms. The zero-order valence-electron chi connectivity index (χ0n) is 15.0. The molecule has 1 N–H and O–H groups in total. The molecule has 4 fully saturated rings. The number of carbonyl (C=O) groups excluding carboxylic acids is 1. The largest absolute Gasteiger partial charge is 0.393 e. The molecule has 0 aromatic heterocycles. The van der Waals surface area contributed by atoms with E-state index in [9.17, 15) is 9.90 Å². The molecule has 2 nitrogen and oxygen atoms in total. The molecule has 0 amide bonds. The summed E-state index contributed by atoms with van der Waals surface area (Å²) in [6.07, 6.45) is 8.01. The van der Waals surface area contributed by atoms with E-state index in [2.05, 4.69) is 27.4 Å². The number of Topliss-reactive ketones (excluding diaryl/α,β-unsaturated/α-hetero) is 1. The van der Waals surface area contributed by atoms with Crippen LogP contribution in [0.3, 0.4) is 0 Å². The van der Waals surface area contributed by atoms with Crippen molar-refractivity contribution in [3.8, 4) is 0 Å².